The molecule has 0 unspecified atom stereocenters. The van der Waals surface area contributed by atoms with Crippen LogP contribution in [0.1, 0.15) is 19.4 Å². The summed E-state index contributed by atoms with van der Waals surface area (Å²) in [7, 11) is 0. The first-order valence-electron chi connectivity index (χ1n) is 12.0. The van der Waals surface area contributed by atoms with Gasteiger partial charge in [-0.25, -0.2) is 18.7 Å². The smallest absolute Gasteiger partial charge is 0.227 e. The molecule has 2 N–H and O–H groups in total. The van der Waals surface area contributed by atoms with Gasteiger partial charge in [0.05, 0.1) is 18.4 Å². The summed E-state index contributed by atoms with van der Waals surface area (Å²) in [5, 5.41) is 6.53. The molecular weight excluding hydrogens is 450 g/mol. The summed E-state index contributed by atoms with van der Waals surface area (Å²) < 4.78 is 35.3. The van der Waals surface area contributed by atoms with Crippen LogP contribution in [0.2, 0.25) is 0 Å². The largest absolute Gasteiger partial charge is 0.486 e. The average molecular weight is 481 g/mol. The second-order valence-corrected chi connectivity index (χ2v) is 9.20. The molecule has 0 saturated carbocycles. The third-order valence-corrected chi connectivity index (χ3v) is 6.46. The van der Waals surface area contributed by atoms with E-state index in [9.17, 15) is 8.78 Å². The molecule has 1 saturated heterocycles. The zero-order valence-electron chi connectivity index (χ0n) is 20.2. The summed E-state index contributed by atoms with van der Waals surface area (Å²) in [6.45, 7) is 11.0. The number of aromatic nitrogens is 2. The van der Waals surface area contributed by atoms with E-state index in [1.165, 1.54) is 11.8 Å². The molecule has 0 atom stereocenters. The van der Waals surface area contributed by atoms with Crippen LogP contribution in [0.3, 0.4) is 0 Å². The van der Waals surface area contributed by atoms with Crippen molar-refractivity contribution in [2.24, 2.45) is 0 Å². The van der Waals surface area contributed by atoms with E-state index in [0.29, 0.717) is 24.4 Å². The minimum atomic E-state index is -0.618. The van der Waals surface area contributed by atoms with Crippen molar-refractivity contribution >= 4 is 23.0 Å². The topological polar surface area (TPSA) is 65.5 Å². The van der Waals surface area contributed by atoms with Crippen LogP contribution in [-0.4, -0.2) is 55.3 Å². The van der Waals surface area contributed by atoms with Crippen LogP contribution in [0.5, 0.6) is 5.75 Å². The van der Waals surface area contributed by atoms with Gasteiger partial charge in [0.2, 0.25) is 5.95 Å². The molecule has 2 aromatic carbocycles. The number of fused-ring (bicyclic) bond motifs is 1. The number of benzene rings is 2. The van der Waals surface area contributed by atoms with Gasteiger partial charge in [0, 0.05) is 49.2 Å². The number of rotatable bonds is 5. The number of nitrogens with one attached hydrogen (secondary N) is 2. The van der Waals surface area contributed by atoms with Gasteiger partial charge in [-0.2, -0.15) is 0 Å². The SMILES string of the molecule is Cc1cc(Nc2ncc(F)c(-c3cc(F)c4c(c3)N(C(C)C)CCO4)n2)ccc1N1CCNCC1. The van der Waals surface area contributed by atoms with E-state index in [-0.39, 0.29) is 23.4 Å². The lowest BCUT2D eigenvalue weighted by Gasteiger charge is -2.34. The van der Waals surface area contributed by atoms with Crippen LogP contribution in [0.15, 0.2) is 36.5 Å². The summed E-state index contributed by atoms with van der Waals surface area (Å²) in [6, 6.07) is 9.22. The highest BCUT2D eigenvalue weighted by Crippen LogP contribution is 2.39. The first kappa shape index (κ1) is 23.3. The third kappa shape index (κ3) is 4.73. The van der Waals surface area contributed by atoms with Crippen molar-refractivity contribution < 1.29 is 13.5 Å². The van der Waals surface area contributed by atoms with E-state index >= 15 is 0 Å². The van der Waals surface area contributed by atoms with Gasteiger partial charge in [-0.05, 0) is 56.7 Å². The number of ether oxygens (including phenoxy) is 1. The zero-order chi connectivity index (χ0) is 24.5. The normalized spacial score (nSPS) is 15.7. The number of aryl methyl sites for hydroxylation is 1. The van der Waals surface area contributed by atoms with E-state index in [1.54, 1.807) is 6.07 Å². The Hall–Kier alpha value is -3.46. The molecule has 1 aromatic heterocycles. The van der Waals surface area contributed by atoms with Gasteiger partial charge in [0.15, 0.2) is 17.4 Å². The lowest BCUT2D eigenvalue weighted by Crippen LogP contribution is -2.43. The molecule has 3 aromatic rings. The van der Waals surface area contributed by atoms with Gasteiger partial charge in [-0.1, -0.05) is 0 Å². The zero-order valence-corrected chi connectivity index (χ0v) is 20.2. The van der Waals surface area contributed by atoms with Gasteiger partial charge in [-0.15, -0.1) is 0 Å². The van der Waals surface area contributed by atoms with E-state index < -0.39 is 11.6 Å². The molecular formula is C26H30F2N6O. The molecule has 0 aliphatic carbocycles. The summed E-state index contributed by atoms with van der Waals surface area (Å²) in [5.41, 5.74) is 4.10. The summed E-state index contributed by atoms with van der Waals surface area (Å²) >= 11 is 0. The van der Waals surface area contributed by atoms with Crippen LogP contribution in [0.4, 0.5) is 31.8 Å². The maximum Gasteiger partial charge on any atom is 0.227 e. The van der Waals surface area contributed by atoms with Crippen molar-refractivity contribution in [1.29, 1.82) is 0 Å². The molecule has 0 radical (unpaired) electrons. The monoisotopic (exact) mass is 480 g/mol. The molecule has 0 spiro atoms. The van der Waals surface area contributed by atoms with Crippen molar-refractivity contribution in [3.8, 4) is 17.0 Å². The lowest BCUT2D eigenvalue weighted by molar-refractivity contribution is 0.287. The Morgan fingerprint density at radius 2 is 1.83 bits per heavy atom. The number of hydrogen-bond donors (Lipinski definition) is 2. The molecule has 5 rings (SSSR count). The second kappa shape index (κ2) is 9.65. The molecule has 184 valence electrons. The highest BCUT2D eigenvalue weighted by atomic mass is 19.1. The van der Waals surface area contributed by atoms with Gasteiger partial charge in [0.1, 0.15) is 12.3 Å². The van der Waals surface area contributed by atoms with Crippen LogP contribution in [0, 0.1) is 18.6 Å². The maximum atomic E-state index is 14.9. The second-order valence-electron chi connectivity index (χ2n) is 9.20. The molecule has 9 heteroatoms. The standard InChI is InChI=1S/C26H30F2N6O/c1-16(2)34-10-11-35-25-20(27)13-18(14-23(25)34)24-21(28)15-30-26(32-24)31-19-4-5-22(17(3)12-19)33-8-6-29-7-9-33/h4-5,12-16,29H,6-11H2,1-3H3,(H,30,31,32). The van der Waals surface area contributed by atoms with Crippen molar-refractivity contribution in [2.45, 2.75) is 26.8 Å². The van der Waals surface area contributed by atoms with Gasteiger partial charge >= 0.3 is 0 Å². The Kier molecular flexibility index (Phi) is 6.42. The molecule has 3 heterocycles. The van der Waals surface area contributed by atoms with Crippen LogP contribution < -0.4 is 25.2 Å². The Bertz CT molecular complexity index is 1230. The first-order valence-corrected chi connectivity index (χ1v) is 12.0. The van der Waals surface area contributed by atoms with E-state index in [1.807, 2.05) is 30.9 Å². The molecule has 2 aliphatic heterocycles. The number of nitrogens with zero attached hydrogens (tertiary/aromatic N) is 4. The van der Waals surface area contributed by atoms with Crippen molar-refractivity contribution in [3.63, 3.8) is 0 Å². The van der Waals surface area contributed by atoms with E-state index in [4.69, 9.17) is 4.74 Å². The summed E-state index contributed by atoms with van der Waals surface area (Å²) in [5.74, 6) is -0.713. The molecule has 35 heavy (non-hydrogen) atoms. The fraction of sp³-hybridized carbons (Fsp3) is 0.385. The summed E-state index contributed by atoms with van der Waals surface area (Å²) in [4.78, 5) is 12.9. The van der Waals surface area contributed by atoms with Gasteiger partial charge in [-0.3, -0.25) is 0 Å². The van der Waals surface area contributed by atoms with Gasteiger partial charge in [0.25, 0.3) is 0 Å². The predicted octanol–water partition coefficient (Wildman–Crippen LogP) is 4.49. The third-order valence-electron chi connectivity index (χ3n) is 6.46. The Morgan fingerprint density at radius 1 is 1.03 bits per heavy atom. The van der Waals surface area contributed by atoms with Crippen molar-refractivity contribution in [1.82, 2.24) is 15.3 Å². The van der Waals surface area contributed by atoms with Crippen molar-refractivity contribution in [3.05, 3.63) is 53.7 Å². The molecule has 0 amide bonds. The van der Waals surface area contributed by atoms with Crippen LogP contribution >= 0.6 is 0 Å². The van der Waals surface area contributed by atoms with Gasteiger partial charge < -0.3 is 25.2 Å². The Morgan fingerprint density at radius 3 is 2.57 bits per heavy atom. The van der Waals surface area contributed by atoms with E-state index in [0.717, 1.165) is 43.6 Å². The molecule has 0 bridgehead atoms. The Balaban J connectivity index is 1.43. The minimum absolute atomic E-state index is 0.0349. The minimum Gasteiger partial charge on any atom is -0.486 e. The fourth-order valence-corrected chi connectivity index (χ4v) is 4.73. The predicted molar refractivity (Wildman–Crippen MR) is 135 cm³/mol. The highest BCUT2D eigenvalue weighted by Gasteiger charge is 2.25. The average Bonchev–Trinajstić information content (AvgIpc) is 2.85. The Labute approximate surface area is 204 Å². The number of piperazine rings is 1. The number of hydrogen-bond acceptors (Lipinski definition) is 7. The lowest BCUT2D eigenvalue weighted by atomic mass is 10.1. The van der Waals surface area contributed by atoms with E-state index in [2.05, 4.69) is 38.5 Å². The first-order chi connectivity index (χ1) is 16.9. The molecule has 1 fully saturated rings. The fourth-order valence-electron chi connectivity index (χ4n) is 4.73. The maximum absolute atomic E-state index is 14.9. The number of anilines is 4. The van der Waals surface area contributed by atoms with Crippen molar-refractivity contribution in [2.75, 3.05) is 54.4 Å². The summed E-state index contributed by atoms with van der Waals surface area (Å²) in [6.07, 6.45) is 1.11. The highest BCUT2D eigenvalue weighted by molar-refractivity contribution is 5.73. The molecule has 7 nitrogen and oxygen atoms in total. The quantitative estimate of drug-likeness (QED) is 0.558. The molecule has 2 aliphatic rings. The number of halogens is 2. The van der Waals surface area contributed by atoms with Crippen LogP contribution in [0.25, 0.3) is 11.3 Å². The van der Waals surface area contributed by atoms with Crippen LogP contribution in [-0.2, 0) is 0 Å².